The quantitative estimate of drug-likeness (QED) is 0.144. The lowest BCUT2D eigenvalue weighted by Crippen LogP contribution is -2.15. The number of hydrogen-bond acceptors (Lipinski definition) is 5. The summed E-state index contributed by atoms with van der Waals surface area (Å²) in [6.07, 6.45) is 0. The first-order valence-electron chi connectivity index (χ1n) is 24.0. The Morgan fingerprint density at radius 3 is 0.732 bits per heavy atom. The molecule has 5 heteroatoms. The molecule has 2 aliphatic heterocycles. The first kappa shape index (κ1) is 41.6. The zero-order chi connectivity index (χ0) is 47.1. The molecule has 0 radical (unpaired) electrons. The molecule has 2 heterocycles. The maximum Gasteiger partial charge on any atom is 0.151 e. The van der Waals surface area contributed by atoms with Crippen molar-refractivity contribution in [3.05, 3.63) is 273 Å². The topological polar surface area (TPSA) is 28.2 Å². The van der Waals surface area contributed by atoms with E-state index in [0.717, 1.165) is 96.4 Å². The van der Waals surface area contributed by atoms with Gasteiger partial charge in [-0.2, -0.15) is 0 Å². The third-order valence-electron chi connectivity index (χ3n) is 13.5. The Balaban J connectivity index is 0.709. The lowest BCUT2D eigenvalue weighted by Gasteiger charge is -2.32. The zero-order valence-electron chi connectivity index (χ0n) is 38.6. The van der Waals surface area contributed by atoms with E-state index in [1.165, 1.54) is 22.3 Å². The van der Waals surface area contributed by atoms with Crippen LogP contribution >= 0.6 is 0 Å². The van der Waals surface area contributed by atoms with Crippen LogP contribution in [0.25, 0.3) is 44.5 Å². The van der Waals surface area contributed by atoms with Crippen LogP contribution < -0.4 is 24.2 Å². The predicted molar refractivity (Wildman–Crippen MR) is 292 cm³/mol. The Bertz CT molecular complexity index is 3350. The van der Waals surface area contributed by atoms with Gasteiger partial charge < -0.3 is 24.2 Å². The molecule has 0 N–H and O–H groups in total. The lowest BCUT2D eigenvalue weighted by atomic mass is 9.99. The molecule has 2 aliphatic rings. The van der Waals surface area contributed by atoms with Crippen LogP contribution in [0.3, 0.4) is 0 Å². The van der Waals surface area contributed by atoms with Crippen molar-refractivity contribution < 1.29 is 9.47 Å². The van der Waals surface area contributed by atoms with Crippen LogP contribution in [0.5, 0.6) is 23.0 Å². The molecular weight excluding hydrogens is 867 g/mol. The zero-order valence-corrected chi connectivity index (χ0v) is 38.6. The standard InChI is InChI=1S/C66H45N3O2/c1-2-12-54(13-3-1)67(55-38-30-50(31-39-55)46-22-26-48(27-23-46)52-34-42-57(43-35-52)68-59-14-4-8-18-63(59)70-64-19-9-5-15-60(64)68)56-40-32-51(33-41-56)47-24-28-49(29-25-47)53-36-44-58(45-37-53)69-61-16-6-10-20-65(61)71-66-21-11-7-17-62(66)69/h1-45H. The van der Waals surface area contributed by atoms with Gasteiger partial charge in [-0.25, -0.2) is 0 Å². The van der Waals surface area contributed by atoms with Crippen molar-refractivity contribution in [1.29, 1.82) is 0 Å². The van der Waals surface area contributed by atoms with Gasteiger partial charge in [0.1, 0.15) is 0 Å². The van der Waals surface area contributed by atoms with Crippen LogP contribution in [0, 0.1) is 0 Å². The molecule has 0 saturated carbocycles. The summed E-state index contributed by atoms with van der Waals surface area (Å²) in [7, 11) is 0. The summed E-state index contributed by atoms with van der Waals surface area (Å²) in [6.45, 7) is 0. The molecule has 5 nitrogen and oxygen atoms in total. The Kier molecular flexibility index (Phi) is 10.4. The molecular formula is C66H45N3O2. The maximum absolute atomic E-state index is 6.24. The largest absolute Gasteiger partial charge is 0.453 e. The summed E-state index contributed by atoms with van der Waals surface area (Å²) in [5.74, 6) is 3.40. The third kappa shape index (κ3) is 7.82. The average Bonchev–Trinajstić information content (AvgIpc) is 3.45. The molecule has 0 unspecified atom stereocenters. The van der Waals surface area contributed by atoms with Crippen molar-refractivity contribution in [3.63, 3.8) is 0 Å². The first-order chi connectivity index (χ1) is 35.2. The van der Waals surface area contributed by atoms with Crippen LogP contribution in [0.1, 0.15) is 0 Å². The molecule has 0 amide bonds. The number of rotatable bonds is 9. The van der Waals surface area contributed by atoms with Crippen molar-refractivity contribution in [2.24, 2.45) is 0 Å². The van der Waals surface area contributed by atoms with E-state index in [9.17, 15) is 0 Å². The fourth-order valence-electron chi connectivity index (χ4n) is 9.91. The van der Waals surface area contributed by atoms with Crippen LogP contribution in [-0.2, 0) is 0 Å². The Morgan fingerprint density at radius 1 is 0.211 bits per heavy atom. The molecule has 336 valence electrons. The van der Waals surface area contributed by atoms with Crippen molar-refractivity contribution in [2.45, 2.75) is 0 Å². The molecule has 13 rings (SSSR count). The monoisotopic (exact) mass is 911 g/mol. The molecule has 11 aromatic rings. The van der Waals surface area contributed by atoms with Gasteiger partial charge >= 0.3 is 0 Å². The van der Waals surface area contributed by atoms with Gasteiger partial charge in [0.05, 0.1) is 22.7 Å². The minimum atomic E-state index is 0.850. The molecule has 71 heavy (non-hydrogen) atoms. The highest BCUT2D eigenvalue weighted by Gasteiger charge is 2.27. The average molecular weight is 912 g/mol. The summed E-state index contributed by atoms with van der Waals surface area (Å²) in [5, 5.41) is 0. The van der Waals surface area contributed by atoms with E-state index in [0.29, 0.717) is 0 Å². The molecule has 0 bridgehead atoms. The van der Waals surface area contributed by atoms with Gasteiger partial charge in [0.15, 0.2) is 23.0 Å². The van der Waals surface area contributed by atoms with Crippen molar-refractivity contribution in [1.82, 2.24) is 0 Å². The minimum Gasteiger partial charge on any atom is -0.453 e. The molecule has 0 aromatic heterocycles. The van der Waals surface area contributed by atoms with E-state index in [1.54, 1.807) is 0 Å². The number of ether oxygens (including phenoxy) is 2. The maximum atomic E-state index is 6.24. The van der Waals surface area contributed by atoms with Crippen molar-refractivity contribution >= 4 is 51.2 Å². The summed E-state index contributed by atoms with van der Waals surface area (Å²) >= 11 is 0. The van der Waals surface area contributed by atoms with Crippen LogP contribution in [0.15, 0.2) is 273 Å². The van der Waals surface area contributed by atoms with Gasteiger partial charge in [-0.05, 0) is 154 Å². The van der Waals surface area contributed by atoms with Gasteiger partial charge in [0, 0.05) is 28.4 Å². The van der Waals surface area contributed by atoms with Gasteiger partial charge in [-0.3, -0.25) is 0 Å². The van der Waals surface area contributed by atoms with Crippen LogP contribution in [-0.4, -0.2) is 0 Å². The summed E-state index contributed by atoms with van der Waals surface area (Å²) in [4.78, 5) is 6.85. The smallest absolute Gasteiger partial charge is 0.151 e. The van der Waals surface area contributed by atoms with Gasteiger partial charge in [0.2, 0.25) is 0 Å². The van der Waals surface area contributed by atoms with Crippen LogP contribution in [0.4, 0.5) is 51.2 Å². The molecule has 0 atom stereocenters. The highest BCUT2D eigenvalue weighted by atomic mass is 16.5. The summed E-state index contributed by atoms with van der Waals surface area (Å²) < 4.78 is 12.5. The molecule has 0 aliphatic carbocycles. The Hall–Kier alpha value is -9.58. The van der Waals surface area contributed by atoms with Crippen molar-refractivity contribution in [3.8, 4) is 67.5 Å². The first-order valence-corrected chi connectivity index (χ1v) is 24.0. The molecule has 0 saturated heterocycles. The van der Waals surface area contributed by atoms with Gasteiger partial charge in [-0.1, -0.05) is 164 Å². The second-order valence-electron chi connectivity index (χ2n) is 17.8. The minimum absolute atomic E-state index is 0.850. The highest BCUT2D eigenvalue weighted by Crippen LogP contribution is 2.52. The third-order valence-corrected chi connectivity index (χ3v) is 13.5. The normalized spacial score (nSPS) is 12.1. The molecule has 0 fully saturated rings. The SMILES string of the molecule is c1ccc(N(c2ccc(-c3ccc(-c4ccc(N5c6ccccc6Oc6ccccc65)cc4)cc3)cc2)c2ccc(-c3ccc(-c4ccc(N5c6ccccc6Oc6ccccc65)cc4)cc3)cc2)cc1. The molecule has 11 aromatic carbocycles. The number of para-hydroxylation sites is 9. The van der Waals surface area contributed by atoms with Gasteiger partial charge in [-0.15, -0.1) is 0 Å². The van der Waals surface area contributed by atoms with Gasteiger partial charge in [0.25, 0.3) is 0 Å². The summed E-state index contributed by atoms with van der Waals surface area (Å²) in [5.41, 5.74) is 18.9. The number of nitrogens with zero attached hydrogens (tertiary/aromatic N) is 3. The fraction of sp³-hybridized carbons (Fsp3) is 0. The second-order valence-corrected chi connectivity index (χ2v) is 17.8. The Morgan fingerprint density at radius 2 is 0.437 bits per heavy atom. The van der Waals surface area contributed by atoms with E-state index in [1.807, 2.05) is 48.5 Å². The van der Waals surface area contributed by atoms with E-state index < -0.39 is 0 Å². The summed E-state index contributed by atoms with van der Waals surface area (Å²) in [6, 6.07) is 96.4. The Labute approximate surface area is 413 Å². The van der Waals surface area contributed by atoms with E-state index in [4.69, 9.17) is 9.47 Å². The van der Waals surface area contributed by atoms with E-state index in [-0.39, 0.29) is 0 Å². The number of hydrogen-bond donors (Lipinski definition) is 0. The highest BCUT2D eigenvalue weighted by molar-refractivity contribution is 5.89. The predicted octanol–water partition coefficient (Wildman–Crippen LogP) is 19.0. The van der Waals surface area contributed by atoms with E-state index in [2.05, 4.69) is 239 Å². The van der Waals surface area contributed by atoms with Crippen molar-refractivity contribution in [2.75, 3.05) is 14.7 Å². The number of fused-ring (bicyclic) bond motifs is 4. The second kappa shape index (κ2) is 17.8. The number of anilines is 9. The van der Waals surface area contributed by atoms with Crippen LogP contribution in [0.2, 0.25) is 0 Å². The number of benzene rings is 11. The molecule has 0 spiro atoms. The van der Waals surface area contributed by atoms with E-state index >= 15 is 0 Å². The fourth-order valence-corrected chi connectivity index (χ4v) is 9.91. The lowest BCUT2D eigenvalue weighted by molar-refractivity contribution is 0.477.